The first-order chi connectivity index (χ1) is 10.2. The maximum atomic E-state index is 5.57. The summed E-state index contributed by atoms with van der Waals surface area (Å²) in [5, 5.41) is 0. The molecule has 0 saturated heterocycles. The average Bonchev–Trinajstić information content (AvgIpc) is 2.57. The summed E-state index contributed by atoms with van der Waals surface area (Å²) in [7, 11) is 0. The molecular formula is C17H24N4. The molecule has 0 saturated carbocycles. The van der Waals surface area contributed by atoms with Crippen LogP contribution in [0.25, 0.3) is 0 Å². The van der Waals surface area contributed by atoms with Gasteiger partial charge in [0.25, 0.3) is 0 Å². The van der Waals surface area contributed by atoms with Gasteiger partial charge in [0.1, 0.15) is 11.6 Å². The molecule has 3 N–H and O–H groups in total. The molecule has 0 fully saturated rings. The number of rotatable bonds is 6. The summed E-state index contributed by atoms with van der Waals surface area (Å²) < 4.78 is 0. The molecule has 0 spiro atoms. The normalized spacial score (nSPS) is 11.4. The van der Waals surface area contributed by atoms with Gasteiger partial charge < -0.3 is 5.43 Å². The number of hydrazine groups is 1. The van der Waals surface area contributed by atoms with E-state index in [2.05, 4.69) is 55.4 Å². The van der Waals surface area contributed by atoms with E-state index in [4.69, 9.17) is 10.8 Å². The third-order valence-electron chi connectivity index (χ3n) is 4.25. The Hall–Kier alpha value is -1.94. The molecule has 2 aromatic rings. The van der Waals surface area contributed by atoms with Gasteiger partial charge in [-0.15, -0.1) is 0 Å². The smallest absolute Gasteiger partial charge is 0.143 e. The lowest BCUT2D eigenvalue weighted by atomic mass is 9.75. The summed E-state index contributed by atoms with van der Waals surface area (Å²) in [6.45, 7) is 6.47. The van der Waals surface area contributed by atoms with E-state index >= 15 is 0 Å². The van der Waals surface area contributed by atoms with Crippen LogP contribution < -0.4 is 11.3 Å². The van der Waals surface area contributed by atoms with Crippen molar-refractivity contribution in [3.63, 3.8) is 0 Å². The van der Waals surface area contributed by atoms with E-state index in [1.165, 1.54) is 5.56 Å². The van der Waals surface area contributed by atoms with Crippen LogP contribution in [0, 0.1) is 0 Å². The lowest BCUT2D eigenvalue weighted by Crippen LogP contribution is -2.30. The number of hydrogen-bond acceptors (Lipinski definition) is 4. The zero-order valence-electron chi connectivity index (χ0n) is 13.1. The number of benzene rings is 1. The van der Waals surface area contributed by atoms with Crippen LogP contribution in [-0.2, 0) is 11.8 Å². The molecule has 0 aliphatic heterocycles. The number of hydrogen-bond donors (Lipinski definition) is 2. The number of aromatic nitrogens is 2. The monoisotopic (exact) mass is 284 g/mol. The Kier molecular flexibility index (Phi) is 4.91. The minimum absolute atomic E-state index is 0.169. The molecule has 0 bridgehead atoms. The summed E-state index contributed by atoms with van der Waals surface area (Å²) in [4.78, 5) is 9.43. The minimum Gasteiger partial charge on any atom is -0.308 e. The fourth-order valence-electron chi connectivity index (χ4n) is 2.83. The third kappa shape index (κ3) is 2.90. The Morgan fingerprint density at radius 1 is 1.05 bits per heavy atom. The lowest BCUT2D eigenvalue weighted by molar-refractivity contribution is 0.448. The van der Waals surface area contributed by atoms with Gasteiger partial charge in [0.05, 0.1) is 5.41 Å². The topological polar surface area (TPSA) is 63.8 Å². The Morgan fingerprint density at radius 2 is 1.71 bits per heavy atom. The predicted octanol–water partition coefficient (Wildman–Crippen LogP) is 3.43. The molecule has 0 unspecified atom stereocenters. The van der Waals surface area contributed by atoms with E-state index < -0.39 is 0 Å². The molecule has 0 aliphatic carbocycles. The highest BCUT2D eigenvalue weighted by molar-refractivity contribution is 5.40. The Bertz CT molecular complexity index is 554. The molecule has 0 amide bonds. The number of aryl methyl sites for hydroxylation is 1. The summed E-state index contributed by atoms with van der Waals surface area (Å²) in [6, 6.07) is 12.4. The fourth-order valence-corrected chi connectivity index (χ4v) is 2.83. The molecule has 112 valence electrons. The summed E-state index contributed by atoms with van der Waals surface area (Å²) >= 11 is 0. The van der Waals surface area contributed by atoms with Crippen LogP contribution in [0.1, 0.15) is 50.7 Å². The van der Waals surface area contributed by atoms with E-state index in [1.54, 1.807) is 0 Å². The van der Waals surface area contributed by atoms with E-state index in [9.17, 15) is 0 Å². The van der Waals surface area contributed by atoms with Gasteiger partial charge in [-0.25, -0.2) is 15.8 Å². The first kappa shape index (κ1) is 15.4. The van der Waals surface area contributed by atoms with Crippen molar-refractivity contribution < 1.29 is 0 Å². The average molecular weight is 284 g/mol. The van der Waals surface area contributed by atoms with E-state index in [0.29, 0.717) is 5.82 Å². The van der Waals surface area contributed by atoms with Crippen molar-refractivity contribution in [1.29, 1.82) is 0 Å². The van der Waals surface area contributed by atoms with Crippen molar-refractivity contribution in [3.05, 3.63) is 53.5 Å². The fraction of sp³-hybridized carbons (Fsp3) is 0.412. The maximum Gasteiger partial charge on any atom is 0.143 e. The highest BCUT2D eigenvalue weighted by Gasteiger charge is 2.34. The van der Waals surface area contributed by atoms with Crippen LogP contribution in [0.4, 0.5) is 5.82 Å². The minimum atomic E-state index is -0.169. The third-order valence-corrected chi connectivity index (χ3v) is 4.25. The molecule has 21 heavy (non-hydrogen) atoms. The molecule has 2 rings (SSSR count). The first-order valence-electron chi connectivity index (χ1n) is 7.60. The summed E-state index contributed by atoms with van der Waals surface area (Å²) in [5.74, 6) is 7.10. The molecule has 0 atom stereocenters. The van der Waals surface area contributed by atoms with E-state index in [1.807, 2.05) is 12.1 Å². The van der Waals surface area contributed by atoms with Gasteiger partial charge >= 0.3 is 0 Å². The Balaban J connectivity index is 2.62. The number of nitrogens with one attached hydrogen (secondary N) is 1. The molecule has 1 aromatic heterocycles. The maximum absolute atomic E-state index is 5.57. The van der Waals surface area contributed by atoms with Gasteiger partial charge in [0, 0.05) is 11.8 Å². The molecule has 1 aromatic carbocycles. The molecule has 0 radical (unpaired) electrons. The van der Waals surface area contributed by atoms with Gasteiger partial charge in [-0.2, -0.15) is 0 Å². The van der Waals surface area contributed by atoms with Gasteiger partial charge in [-0.3, -0.25) is 0 Å². The van der Waals surface area contributed by atoms with Crippen molar-refractivity contribution in [2.24, 2.45) is 5.84 Å². The molecular weight excluding hydrogens is 260 g/mol. The van der Waals surface area contributed by atoms with Crippen LogP contribution in [-0.4, -0.2) is 9.97 Å². The lowest BCUT2D eigenvalue weighted by Gasteiger charge is -2.31. The summed E-state index contributed by atoms with van der Waals surface area (Å²) in [6.07, 6.45) is 2.76. The number of anilines is 1. The van der Waals surface area contributed by atoms with Crippen molar-refractivity contribution >= 4 is 5.82 Å². The zero-order valence-corrected chi connectivity index (χ0v) is 13.1. The van der Waals surface area contributed by atoms with E-state index in [-0.39, 0.29) is 5.41 Å². The largest absolute Gasteiger partial charge is 0.308 e. The Labute approximate surface area is 126 Å². The highest BCUT2D eigenvalue weighted by Crippen LogP contribution is 2.37. The van der Waals surface area contributed by atoms with Gasteiger partial charge in [-0.05, 0) is 24.8 Å². The number of nitrogens with zero attached hydrogens (tertiary/aromatic N) is 2. The molecule has 4 nitrogen and oxygen atoms in total. The van der Waals surface area contributed by atoms with Crippen molar-refractivity contribution in [3.8, 4) is 0 Å². The van der Waals surface area contributed by atoms with Gasteiger partial charge in [0.15, 0.2) is 0 Å². The van der Waals surface area contributed by atoms with Crippen LogP contribution in [0.2, 0.25) is 0 Å². The van der Waals surface area contributed by atoms with Crippen molar-refractivity contribution in [1.82, 2.24) is 9.97 Å². The van der Waals surface area contributed by atoms with Crippen LogP contribution in [0.15, 0.2) is 36.4 Å². The van der Waals surface area contributed by atoms with Crippen molar-refractivity contribution in [2.45, 2.75) is 45.4 Å². The predicted molar refractivity (Wildman–Crippen MR) is 87.0 cm³/mol. The van der Waals surface area contributed by atoms with Crippen LogP contribution >= 0.6 is 0 Å². The van der Waals surface area contributed by atoms with Crippen LogP contribution in [0.3, 0.4) is 0 Å². The standard InChI is InChI=1S/C17H24N4/c1-4-14-12-15(21-18)20-16(19-14)17(5-2,6-3)13-10-8-7-9-11-13/h7-12H,4-6,18H2,1-3H3,(H,19,20,21). The van der Waals surface area contributed by atoms with Gasteiger partial charge in [-0.1, -0.05) is 51.1 Å². The summed E-state index contributed by atoms with van der Waals surface area (Å²) in [5.41, 5.74) is 4.76. The SMILES string of the molecule is CCc1cc(NN)nc(C(CC)(CC)c2ccccc2)n1. The quantitative estimate of drug-likeness (QED) is 0.630. The zero-order chi connectivity index (χ0) is 15.3. The van der Waals surface area contributed by atoms with Gasteiger partial charge in [0.2, 0.25) is 0 Å². The second-order valence-electron chi connectivity index (χ2n) is 5.22. The number of nitrogens with two attached hydrogens (primary N) is 1. The molecule has 4 heteroatoms. The van der Waals surface area contributed by atoms with E-state index in [0.717, 1.165) is 30.8 Å². The Morgan fingerprint density at radius 3 is 2.24 bits per heavy atom. The second-order valence-corrected chi connectivity index (χ2v) is 5.22. The first-order valence-corrected chi connectivity index (χ1v) is 7.60. The molecule has 1 heterocycles. The number of nitrogen functional groups attached to an aromatic ring is 1. The molecule has 0 aliphatic rings. The highest BCUT2D eigenvalue weighted by atomic mass is 15.3. The second kappa shape index (κ2) is 6.68. The van der Waals surface area contributed by atoms with Crippen LogP contribution in [0.5, 0.6) is 0 Å². The van der Waals surface area contributed by atoms with Crippen molar-refractivity contribution in [2.75, 3.05) is 5.43 Å².